The number of esters is 1. The van der Waals surface area contributed by atoms with Gasteiger partial charge in [-0.1, -0.05) is 0 Å². The van der Waals surface area contributed by atoms with Crippen molar-refractivity contribution in [2.45, 2.75) is 33.2 Å². The monoisotopic (exact) mass is 228 g/mol. The quantitative estimate of drug-likeness (QED) is 0.808. The molecule has 0 aliphatic rings. The summed E-state index contributed by atoms with van der Waals surface area (Å²) >= 11 is 1.41. The highest BCUT2D eigenvalue weighted by Gasteiger charge is 2.19. The predicted molar refractivity (Wildman–Crippen MR) is 61.4 cm³/mol. The number of ether oxygens (including phenoxy) is 1. The van der Waals surface area contributed by atoms with Gasteiger partial charge in [-0.2, -0.15) is 0 Å². The Labute approximate surface area is 93.7 Å². The van der Waals surface area contributed by atoms with Gasteiger partial charge in [0.15, 0.2) is 5.69 Å². The number of aromatic nitrogens is 1. The molecule has 1 heterocycles. The SMILES string of the molecule is CCOC(=O)c1ncsc1NC(C)(C)C. The molecule has 0 spiro atoms. The maximum Gasteiger partial charge on any atom is 0.360 e. The lowest BCUT2D eigenvalue weighted by Crippen LogP contribution is -2.26. The molecule has 0 saturated heterocycles. The molecule has 0 atom stereocenters. The highest BCUT2D eigenvalue weighted by atomic mass is 32.1. The van der Waals surface area contributed by atoms with Crippen LogP contribution in [0, 0.1) is 0 Å². The summed E-state index contributed by atoms with van der Waals surface area (Å²) in [6.45, 7) is 8.23. The Bertz CT molecular complexity index is 341. The molecule has 0 fully saturated rings. The summed E-state index contributed by atoms with van der Waals surface area (Å²) in [7, 11) is 0. The normalized spacial score (nSPS) is 11.2. The fraction of sp³-hybridized carbons (Fsp3) is 0.600. The van der Waals surface area contributed by atoms with E-state index >= 15 is 0 Å². The summed E-state index contributed by atoms with van der Waals surface area (Å²) in [4.78, 5) is 15.5. The van der Waals surface area contributed by atoms with Crippen LogP contribution in [0.1, 0.15) is 38.2 Å². The number of carbonyl (C=O) groups is 1. The van der Waals surface area contributed by atoms with Crippen LogP contribution in [-0.4, -0.2) is 23.1 Å². The molecule has 0 bridgehead atoms. The topological polar surface area (TPSA) is 51.2 Å². The molecular weight excluding hydrogens is 212 g/mol. The van der Waals surface area contributed by atoms with Crippen molar-refractivity contribution >= 4 is 22.3 Å². The van der Waals surface area contributed by atoms with Crippen LogP contribution in [-0.2, 0) is 4.74 Å². The summed E-state index contributed by atoms with van der Waals surface area (Å²) in [5.74, 6) is -0.370. The molecule has 84 valence electrons. The van der Waals surface area contributed by atoms with Crippen LogP contribution in [0.3, 0.4) is 0 Å². The summed E-state index contributed by atoms with van der Waals surface area (Å²) in [6, 6.07) is 0. The first kappa shape index (κ1) is 12.0. The minimum atomic E-state index is -0.370. The first-order valence-corrected chi connectivity index (χ1v) is 5.71. The van der Waals surface area contributed by atoms with E-state index in [-0.39, 0.29) is 11.5 Å². The maximum absolute atomic E-state index is 11.5. The third-order valence-electron chi connectivity index (χ3n) is 1.52. The second-order valence-corrected chi connectivity index (χ2v) is 4.98. The van der Waals surface area contributed by atoms with E-state index in [2.05, 4.69) is 10.3 Å². The predicted octanol–water partition coefficient (Wildman–Crippen LogP) is 2.53. The van der Waals surface area contributed by atoms with E-state index in [9.17, 15) is 4.79 Å². The van der Waals surface area contributed by atoms with Crippen LogP contribution in [0.4, 0.5) is 5.00 Å². The van der Waals surface area contributed by atoms with E-state index in [0.717, 1.165) is 5.00 Å². The molecule has 1 N–H and O–H groups in total. The van der Waals surface area contributed by atoms with Crippen LogP contribution in [0.2, 0.25) is 0 Å². The van der Waals surface area contributed by atoms with Gasteiger partial charge in [0.05, 0.1) is 12.1 Å². The van der Waals surface area contributed by atoms with Gasteiger partial charge in [-0.3, -0.25) is 0 Å². The Kier molecular flexibility index (Phi) is 3.68. The molecule has 0 amide bonds. The summed E-state index contributed by atoms with van der Waals surface area (Å²) in [5, 5.41) is 3.99. The Morgan fingerprint density at radius 2 is 2.27 bits per heavy atom. The van der Waals surface area contributed by atoms with Crippen molar-refractivity contribution in [3.63, 3.8) is 0 Å². The molecule has 0 aliphatic carbocycles. The van der Waals surface area contributed by atoms with Crippen molar-refractivity contribution in [3.05, 3.63) is 11.2 Å². The van der Waals surface area contributed by atoms with E-state index in [1.54, 1.807) is 12.4 Å². The second-order valence-electron chi connectivity index (χ2n) is 4.13. The van der Waals surface area contributed by atoms with Gasteiger partial charge in [0.2, 0.25) is 0 Å². The largest absolute Gasteiger partial charge is 0.461 e. The molecule has 15 heavy (non-hydrogen) atoms. The molecule has 1 aromatic heterocycles. The van der Waals surface area contributed by atoms with E-state index in [1.807, 2.05) is 20.8 Å². The number of nitrogens with one attached hydrogen (secondary N) is 1. The fourth-order valence-corrected chi connectivity index (χ4v) is 1.90. The minimum absolute atomic E-state index is 0.0895. The summed E-state index contributed by atoms with van der Waals surface area (Å²) in [6.07, 6.45) is 0. The molecule has 0 aromatic carbocycles. The first-order valence-electron chi connectivity index (χ1n) is 4.83. The highest BCUT2D eigenvalue weighted by molar-refractivity contribution is 7.14. The zero-order valence-electron chi connectivity index (χ0n) is 9.46. The van der Waals surface area contributed by atoms with Gasteiger partial charge in [-0.05, 0) is 27.7 Å². The van der Waals surface area contributed by atoms with Crippen molar-refractivity contribution in [2.75, 3.05) is 11.9 Å². The number of hydrogen-bond acceptors (Lipinski definition) is 5. The van der Waals surface area contributed by atoms with Crippen LogP contribution >= 0.6 is 11.3 Å². The van der Waals surface area contributed by atoms with Gasteiger partial charge in [0, 0.05) is 5.54 Å². The molecule has 0 unspecified atom stereocenters. The Balaban J connectivity index is 2.82. The molecule has 4 nitrogen and oxygen atoms in total. The molecule has 0 radical (unpaired) electrons. The number of carbonyl (C=O) groups excluding carboxylic acids is 1. The third-order valence-corrected chi connectivity index (χ3v) is 2.27. The fourth-order valence-electron chi connectivity index (χ4n) is 1.02. The molecule has 0 saturated carbocycles. The lowest BCUT2D eigenvalue weighted by Gasteiger charge is -2.20. The first-order chi connectivity index (χ1) is 6.94. The summed E-state index contributed by atoms with van der Waals surface area (Å²) < 4.78 is 4.91. The van der Waals surface area contributed by atoms with Crippen LogP contribution in [0.25, 0.3) is 0 Å². The number of hydrogen-bond donors (Lipinski definition) is 1. The molecule has 1 rings (SSSR count). The Morgan fingerprint density at radius 3 is 2.80 bits per heavy atom. The van der Waals surface area contributed by atoms with Crippen molar-refractivity contribution in [1.82, 2.24) is 4.98 Å². The standard InChI is InChI=1S/C10H16N2O2S/c1-5-14-9(13)7-8(15-6-11-7)12-10(2,3)4/h6,12H,5H2,1-4H3. The minimum Gasteiger partial charge on any atom is -0.461 e. The van der Waals surface area contributed by atoms with Gasteiger partial charge in [0.25, 0.3) is 0 Å². The van der Waals surface area contributed by atoms with Crippen molar-refractivity contribution in [2.24, 2.45) is 0 Å². The van der Waals surface area contributed by atoms with Crippen LogP contribution in [0.5, 0.6) is 0 Å². The molecule has 5 heteroatoms. The van der Waals surface area contributed by atoms with Gasteiger partial charge >= 0.3 is 5.97 Å². The molecular formula is C10H16N2O2S. The van der Waals surface area contributed by atoms with Crippen LogP contribution in [0.15, 0.2) is 5.51 Å². The number of nitrogens with zero attached hydrogens (tertiary/aromatic N) is 1. The van der Waals surface area contributed by atoms with Gasteiger partial charge in [0.1, 0.15) is 5.00 Å². The van der Waals surface area contributed by atoms with E-state index in [0.29, 0.717) is 12.3 Å². The van der Waals surface area contributed by atoms with Crippen molar-refractivity contribution in [3.8, 4) is 0 Å². The van der Waals surface area contributed by atoms with Gasteiger partial charge in [-0.25, -0.2) is 9.78 Å². The van der Waals surface area contributed by atoms with Crippen molar-refractivity contribution < 1.29 is 9.53 Å². The lowest BCUT2D eigenvalue weighted by molar-refractivity contribution is 0.0521. The highest BCUT2D eigenvalue weighted by Crippen LogP contribution is 2.24. The summed E-state index contributed by atoms with van der Waals surface area (Å²) in [5.41, 5.74) is 1.92. The van der Waals surface area contributed by atoms with Crippen molar-refractivity contribution in [1.29, 1.82) is 0 Å². The average Bonchev–Trinajstić information content (AvgIpc) is 2.49. The van der Waals surface area contributed by atoms with E-state index in [4.69, 9.17) is 4.74 Å². The number of rotatable bonds is 3. The zero-order valence-corrected chi connectivity index (χ0v) is 10.3. The van der Waals surface area contributed by atoms with E-state index < -0.39 is 0 Å². The Hall–Kier alpha value is -1.10. The lowest BCUT2D eigenvalue weighted by atomic mass is 10.1. The van der Waals surface area contributed by atoms with Gasteiger partial charge < -0.3 is 10.1 Å². The third kappa shape index (κ3) is 3.51. The average molecular weight is 228 g/mol. The number of thiazole rings is 1. The second kappa shape index (κ2) is 4.61. The maximum atomic E-state index is 11.5. The van der Waals surface area contributed by atoms with Crippen LogP contribution < -0.4 is 5.32 Å². The smallest absolute Gasteiger partial charge is 0.360 e. The number of anilines is 1. The Morgan fingerprint density at radius 1 is 1.60 bits per heavy atom. The molecule has 1 aromatic rings. The molecule has 0 aliphatic heterocycles. The van der Waals surface area contributed by atoms with Gasteiger partial charge in [-0.15, -0.1) is 11.3 Å². The van der Waals surface area contributed by atoms with E-state index in [1.165, 1.54) is 11.3 Å². The zero-order chi connectivity index (χ0) is 11.5.